The Hall–Kier alpha value is -3.59. The molecule has 0 aliphatic rings. The number of ether oxygens (including phenoxy) is 2. The third-order valence-corrected chi connectivity index (χ3v) is 3.98. The van der Waals surface area contributed by atoms with Crippen LogP contribution >= 0.6 is 0 Å². The number of nitrogens with two attached hydrogens (primary N) is 1. The zero-order valence-electron chi connectivity index (χ0n) is 14.3. The van der Waals surface area contributed by atoms with Crippen molar-refractivity contribution in [1.29, 1.82) is 5.26 Å². The summed E-state index contributed by atoms with van der Waals surface area (Å²) in [4.78, 5) is 4.33. The third kappa shape index (κ3) is 3.15. The van der Waals surface area contributed by atoms with Crippen molar-refractivity contribution >= 4 is 5.82 Å². The van der Waals surface area contributed by atoms with Crippen molar-refractivity contribution in [3.05, 3.63) is 59.9 Å². The van der Waals surface area contributed by atoms with Crippen LogP contribution in [0.25, 0.3) is 22.4 Å². The van der Waals surface area contributed by atoms with Crippen LogP contribution in [0.15, 0.2) is 48.5 Å². The molecule has 0 aliphatic heterocycles. The smallest absolute Gasteiger partial charge is 0.142 e. The molecule has 3 rings (SSSR count). The summed E-state index contributed by atoms with van der Waals surface area (Å²) < 4.78 is 24.3. The van der Waals surface area contributed by atoms with Crippen LogP contribution in [0.3, 0.4) is 0 Å². The summed E-state index contributed by atoms with van der Waals surface area (Å²) in [6.07, 6.45) is 0. The van der Waals surface area contributed by atoms with E-state index in [1.165, 1.54) is 12.1 Å². The van der Waals surface area contributed by atoms with Crippen molar-refractivity contribution in [3.8, 4) is 40.0 Å². The van der Waals surface area contributed by atoms with Crippen LogP contribution < -0.4 is 15.2 Å². The van der Waals surface area contributed by atoms with Gasteiger partial charge in [0, 0.05) is 11.1 Å². The number of hydrogen-bond donors (Lipinski definition) is 1. The lowest BCUT2D eigenvalue weighted by Gasteiger charge is -2.13. The molecule has 6 heteroatoms. The van der Waals surface area contributed by atoms with Gasteiger partial charge in [-0.15, -0.1) is 0 Å². The van der Waals surface area contributed by atoms with Crippen LogP contribution in [0, 0.1) is 17.1 Å². The summed E-state index contributed by atoms with van der Waals surface area (Å²) in [5.74, 6) is 0.863. The molecule has 0 fully saturated rings. The highest BCUT2D eigenvalue weighted by Gasteiger charge is 2.16. The maximum absolute atomic E-state index is 13.7. The molecule has 0 unspecified atom stereocenters. The Morgan fingerprint density at radius 1 is 1.04 bits per heavy atom. The van der Waals surface area contributed by atoms with Crippen molar-refractivity contribution in [2.24, 2.45) is 0 Å². The molecule has 2 aromatic carbocycles. The highest BCUT2D eigenvalue weighted by Crippen LogP contribution is 2.36. The average molecular weight is 349 g/mol. The van der Waals surface area contributed by atoms with E-state index in [4.69, 9.17) is 15.2 Å². The fourth-order valence-electron chi connectivity index (χ4n) is 2.72. The summed E-state index contributed by atoms with van der Waals surface area (Å²) >= 11 is 0. The van der Waals surface area contributed by atoms with E-state index < -0.39 is 5.82 Å². The predicted octanol–water partition coefficient (Wildman–Crippen LogP) is 4.03. The van der Waals surface area contributed by atoms with Gasteiger partial charge < -0.3 is 15.2 Å². The topological polar surface area (TPSA) is 81.2 Å². The molecule has 3 aromatic rings. The predicted molar refractivity (Wildman–Crippen MR) is 97.3 cm³/mol. The van der Waals surface area contributed by atoms with E-state index in [-0.39, 0.29) is 11.4 Å². The van der Waals surface area contributed by atoms with E-state index in [0.29, 0.717) is 33.9 Å². The van der Waals surface area contributed by atoms with Crippen molar-refractivity contribution in [3.63, 3.8) is 0 Å². The molecule has 1 aromatic heterocycles. The minimum Gasteiger partial charge on any atom is -0.497 e. The quantitative estimate of drug-likeness (QED) is 0.769. The van der Waals surface area contributed by atoms with Gasteiger partial charge in [-0.25, -0.2) is 9.37 Å². The number of halogens is 1. The van der Waals surface area contributed by atoms with Crippen molar-refractivity contribution < 1.29 is 13.9 Å². The average Bonchev–Trinajstić information content (AvgIpc) is 2.66. The van der Waals surface area contributed by atoms with Gasteiger partial charge in [0.15, 0.2) is 0 Å². The summed E-state index contributed by atoms with van der Waals surface area (Å²) in [5.41, 5.74) is 8.39. The van der Waals surface area contributed by atoms with E-state index in [1.54, 1.807) is 50.6 Å². The first-order chi connectivity index (χ1) is 12.6. The number of nitrogens with zero attached hydrogens (tertiary/aromatic N) is 2. The molecule has 0 bridgehead atoms. The number of nitriles is 1. The lowest BCUT2D eigenvalue weighted by Crippen LogP contribution is -2.01. The fraction of sp³-hybridized carbons (Fsp3) is 0.100. The molecule has 0 amide bonds. The van der Waals surface area contributed by atoms with Crippen molar-refractivity contribution in [1.82, 2.24) is 4.98 Å². The molecule has 130 valence electrons. The van der Waals surface area contributed by atoms with E-state index in [2.05, 4.69) is 4.98 Å². The lowest BCUT2D eigenvalue weighted by atomic mass is 9.98. The maximum atomic E-state index is 13.7. The monoisotopic (exact) mass is 349 g/mol. The van der Waals surface area contributed by atoms with E-state index in [0.717, 1.165) is 0 Å². The number of hydrogen-bond acceptors (Lipinski definition) is 5. The van der Waals surface area contributed by atoms with Gasteiger partial charge >= 0.3 is 0 Å². The minimum absolute atomic E-state index is 0.0640. The van der Waals surface area contributed by atoms with Gasteiger partial charge in [0.2, 0.25) is 0 Å². The Morgan fingerprint density at radius 3 is 2.50 bits per heavy atom. The highest BCUT2D eigenvalue weighted by atomic mass is 19.1. The van der Waals surface area contributed by atoms with E-state index in [9.17, 15) is 9.65 Å². The zero-order valence-corrected chi connectivity index (χ0v) is 14.3. The molecule has 0 aliphatic carbocycles. The van der Waals surface area contributed by atoms with Gasteiger partial charge in [-0.2, -0.15) is 5.26 Å². The second-order valence-corrected chi connectivity index (χ2v) is 5.50. The van der Waals surface area contributed by atoms with Gasteiger partial charge in [-0.1, -0.05) is 12.1 Å². The van der Waals surface area contributed by atoms with Gasteiger partial charge in [-0.3, -0.25) is 0 Å². The van der Waals surface area contributed by atoms with Crippen LogP contribution in [0.4, 0.5) is 10.2 Å². The summed E-state index contributed by atoms with van der Waals surface area (Å²) in [6, 6.07) is 15.0. The number of pyridine rings is 1. The fourth-order valence-corrected chi connectivity index (χ4v) is 2.72. The number of methoxy groups -OCH3 is 2. The molecule has 5 nitrogen and oxygen atoms in total. The van der Waals surface area contributed by atoms with Gasteiger partial charge in [-0.05, 0) is 42.0 Å². The number of benzene rings is 2. The van der Waals surface area contributed by atoms with Crippen LogP contribution in [0.5, 0.6) is 11.5 Å². The number of nitrogen functional groups attached to an aromatic ring is 1. The molecule has 1 heterocycles. The van der Waals surface area contributed by atoms with Crippen LogP contribution in [-0.4, -0.2) is 19.2 Å². The second-order valence-electron chi connectivity index (χ2n) is 5.50. The second kappa shape index (κ2) is 7.11. The molecule has 0 atom stereocenters. The van der Waals surface area contributed by atoms with Crippen LogP contribution in [0.1, 0.15) is 5.56 Å². The number of rotatable bonds is 4. The Morgan fingerprint density at radius 2 is 1.85 bits per heavy atom. The molecule has 2 N–H and O–H groups in total. The van der Waals surface area contributed by atoms with Crippen LogP contribution in [0.2, 0.25) is 0 Å². The third-order valence-electron chi connectivity index (χ3n) is 3.98. The standard InChI is InChI=1S/C20H16FN3O2/c1-25-14-6-7-19(26-2)16(9-14)18-10-15(17(11-22)20(23)24-18)12-4-3-5-13(21)8-12/h3-10H,1-2H3,(H2,23,24). The Bertz CT molecular complexity index is 1010. The Labute approximate surface area is 150 Å². The molecule has 0 saturated carbocycles. The largest absolute Gasteiger partial charge is 0.497 e. The molecular weight excluding hydrogens is 333 g/mol. The molecule has 0 radical (unpaired) electrons. The molecule has 0 saturated heterocycles. The first-order valence-electron chi connectivity index (χ1n) is 7.76. The van der Waals surface area contributed by atoms with E-state index in [1.807, 2.05) is 6.07 Å². The maximum Gasteiger partial charge on any atom is 0.142 e. The summed E-state index contributed by atoms with van der Waals surface area (Å²) in [6.45, 7) is 0. The van der Waals surface area contributed by atoms with Gasteiger partial charge in [0.1, 0.15) is 34.8 Å². The summed E-state index contributed by atoms with van der Waals surface area (Å²) in [7, 11) is 3.11. The number of anilines is 1. The zero-order chi connectivity index (χ0) is 18.7. The molecule has 26 heavy (non-hydrogen) atoms. The van der Waals surface area contributed by atoms with Gasteiger partial charge in [0.25, 0.3) is 0 Å². The first-order valence-corrected chi connectivity index (χ1v) is 7.76. The van der Waals surface area contributed by atoms with Gasteiger partial charge in [0.05, 0.1) is 19.9 Å². The Balaban J connectivity index is 2.27. The number of aromatic nitrogens is 1. The van der Waals surface area contributed by atoms with E-state index >= 15 is 0 Å². The molecular formula is C20H16FN3O2. The molecule has 0 spiro atoms. The summed E-state index contributed by atoms with van der Waals surface area (Å²) in [5, 5.41) is 9.47. The Kier molecular flexibility index (Phi) is 4.72. The highest BCUT2D eigenvalue weighted by molar-refractivity contribution is 5.81. The first kappa shape index (κ1) is 17.2. The minimum atomic E-state index is -0.401. The normalized spacial score (nSPS) is 10.2. The SMILES string of the molecule is COc1ccc(OC)c(-c2cc(-c3cccc(F)c3)c(C#N)c(N)n2)c1. The lowest BCUT2D eigenvalue weighted by molar-refractivity contribution is 0.404. The van der Waals surface area contributed by atoms with Crippen LogP contribution in [-0.2, 0) is 0 Å². The van der Waals surface area contributed by atoms with Crippen molar-refractivity contribution in [2.45, 2.75) is 0 Å². The van der Waals surface area contributed by atoms with Crippen molar-refractivity contribution in [2.75, 3.05) is 20.0 Å².